The van der Waals surface area contributed by atoms with Crippen LogP contribution in [0.4, 0.5) is 4.79 Å². The second-order valence-electron chi connectivity index (χ2n) is 5.31. The summed E-state index contributed by atoms with van der Waals surface area (Å²) in [6.45, 7) is 2.01. The summed E-state index contributed by atoms with van der Waals surface area (Å²) < 4.78 is 6.54. The van der Waals surface area contributed by atoms with E-state index in [4.69, 9.17) is 16.3 Å². The van der Waals surface area contributed by atoms with Crippen LogP contribution in [0.2, 0.25) is 5.02 Å². The molecule has 0 fully saturated rings. The number of hydrogen-bond donors (Lipinski definition) is 1. The van der Waals surface area contributed by atoms with E-state index in [9.17, 15) is 4.79 Å². The Hall–Kier alpha value is -3.12. The largest absolute Gasteiger partial charge is 0.449 e. The molecule has 1 heterocycles. The van der Waals surface area contributed by atoms with Gasteiger partial charge in [0.15, 0.2) is 0 Å². The first kappa shape index (κ1) is 17.7. The minimum absolute atomic E-state index is 0.281. The number of carbonyl (C=O) groups is 1. The fraction of sp³-hybridized carbons (Fsp3) is 0.105. The topological polar surface area (TPSA) is 68.5 Å². The van der Waals surface area contributed by atoms with Gasteiger partial charge in [-0.3, -0.25) is 0 Å². The van der Waals surface area contributed by atoms with Crippen LogP contribution >= 0.6 is 11.6 Å². The number of nitrogens with zero attached hydrogens (tertiary/aromatic N) is 3. The molecule has 0 unspecified atom stereocenters. The quantitative estimate of drug-likeness (QED) is 0.540. The molecule has 0 saturated heterocycles. The molecule has 0 atom stereocenters. The van der Waals surface area contributed by atoms with Crippen LogP contribution in [0, 0.1) is 0 Å². The predicted molar refractivity (Wildman–Crippen MR) is 102 cm³/mol. The van der Waals surface area contributed by atoms with Crippen LogP contribution in [-0.2, 0) is 4.74 Å². The standard InChI is InChI=1S/C19H17ClN4O2/c1-2-26-19(25)22-21-12-15-13-24(17-6-4-3-5-7-17)23-18(15)14-8-10-16(20)11-9-14/h3-13H,2H2,1H3,(H,22,25)/b21-12+. The normalized spacial score (nSPS) is 10.8. The summed E-state index contributed by atoms with van der Waals surface area (Å²) in [5, 5.41) is 9.24. The van der Waals surface area contributed by atoms with Crippen LogP contribution in [-0.4, -0.2) is 28.7 Å². The number of benzene rings is 2. The molecular formula is C19H17ClN4O2. The fourth-order valence-electron chi connectivity index (χ4n) is 2.34. The summed E-state index contributed by atoms with van der Waals surface area (Å²) in [5.41, 5.74) is 5.59. The van der Waals surface area contributed by atoms with Gasteiger partial charge in [0.05, 0.1) is 18.5 Å². The first-order valence-electron chi connectivity index (χ1n) is 8.04. The number of para-hydroxylation sites is 1. The summed E-state index contributed by atoms with van der Waals surface area (Å²) >= 11 is 5.97. The lowest BCUT2D eigenvalue weighted by Gasteiger charge is -2.01. The van der Waals surface area contributed by atoms with E-state index < -0.39 is 6.09 Å². The monoisotopic (exact) mass is 368 g/mol. The highest BCUT2D eigenvalue weighted by atomic mass is 35.5. The van der Waals surface area contributed by atoms with Gasteiger partial charge in [-0.15, -0.1) is 0 Å². The molecule has 0 spiro atoms. The predicted octanol–water partition coefficient (Wildman–Crippen LogP) is 4.27. The zero-order valence-corrected chi connectivity index (χ0v) is 14.8. The van der Waals surface area contributed by atoms with Crippen LogP contribution < -0.4 is 5.43 Å². The summed E-state index contributed by atoms with van der Waals surface area (Å²) in [6.07, 6.45) is 2.77. The van der Waals surface area contributed by atoms with Gasteiger partial charge in [-0.1, -0.05) is 41.9 Å². The van der Waals surface area contributed by atoms with Gasteiger partial charge >= 0.3 is 6.09 Å². The second-order valence-corrected chi connectivity index (χ2v) is 5.75. The van der Waals surface area contributed by atoms with E-state index in [1.165, 1.54) is 6.21 Å². The number of hydrazone groups is 1. The summed E-state index contributed by atoms with van der Waals surface area (Å²) in [4.78, 5) is 11.4. The van der Waals surface area contributed by atoms with E-state index in [-0.39, 0.29) is 6.61 Å². The SMILES string of the molecule is CCOC(=O)N/N=C/c1cn(-c2ccccc2)nc1-c1ccc(Cl)cc1. The van der Waals surface area contributed by atoms with E-state index in [0.29, 0.717) is 5.02 Å². The van der Waals surface area contributed by atoms with Crippen LogP contribution in [0.25, 0.3) is 16.9 Å². The molecule has 3 aromatic rings. The van der Waals surface area contributed by atoms with Crippen molar-refractivity contribution in [3.8, 4) is 16.9 Å². The third kappa shape index (κ3) is 4.29. The van der Waals surface area contributed by atoms with Crippen molar-refractivity contribution in [1.82, 2.24) is 15.2 Å². The number of nitrogens with one attached hydrogen (secondary N) is 1. The average molecular weight is 369 g/mol. The lowest BCUT2D eigenvalue weighted by molar-refractivity contribution is 0.152. The Labute approximate surface area is 156 Å². The van der Waals surface area contributed by atoms with Crippen molar-refractivity contribution in [2.45, 2.75) is 6.92 Å². The number of rotatable bonds is 5. The Morgan fingerprint density at radius 3 is 2.65 bits per heavy atom. The fourth-order valence-corrected chi connectivity index (χ4v) is 2.47. The molecule has 1 aromatic heterocycles. The maximum Gasteiger partial charge on any atom is 0.427 e. The third-order valence-corrected chi connectivity index (χ3v) is 3.77. The molecule has 26 heavy (non-hydrogen) atoms. The highest BCUT2D eigenvalue weighted by molar-refractivity contribution is 6.30. The molecule has 1 amide bonds. The summed E-state index contributed by atoms with van der Waals surface area (Å²) in [6, 6.07) is 17.1. The van der Waals surface area contributed by atoms with Crippen molar-refractivity contribution in [2.24, 2.45) is 5.10 Å². The molecular weight excluding hydrogens is 352 g/mol. The number of amides is 1. The molecule has 0 radical (unpaired) electrons. The molecule has 0 bridgehead atoms. The van der Waals surface area contributed by atoms with Gasteiger partial charge in [-0.05, 0) is 31.2 Å². The van der Waals surface area contributed by atoms with Crippen molar-refractivity contribution in [2.75, 3.05) is 6.61 Å². The maximum atomic E-state index is 11.4. The average Bonchev–Trinajstić information content (AvgIpc) is 3.07. The molecule has 0 saturated carbocycles. The number of carbonyl (C=O) groups excluding carboxylic acids is 1. The van der Waals surface area contributed by atoms with E-state index in [1.807, 2.05) is 48.7 Å². The van der Waals surface area contributed by atoms with Crippen molar-refractivity contribution < 1.29 is 9.53 Å². The highest BCUT2D eigenvalue weighted by Gasteiger charge is 2.11. The van der Waals surface area contributed by atoms with Crippen LogP contribution in [0.1, 0.15) is 12.5 Å². The van der Waals surface area contributed by atoms with Gasteiger partial charge < -0.3 is 4.74 Å². The minimum atomic E-state index is -0.604. The Morgan fingerprint density at radius 1 is 1.23 bits per heavy atom. The summed E-state index contributed by atoms with van der Waals surface area (Å²) in [5.74, 6) is 0. The smallest absolute Gasteiger partial charge is 0.427 e. The maximum absolute atomic E-state index is 11.4. The van der Waals surface area contributed by atoms with Crippen molar-refractivity contribution in [3.63, 3.8) is 0 Å². The number of ether oxygens (including phenoxy) is 1. The number of aromatic nitrogens is 2. The van der Waals surface area contributed by atoms with Gasteiger partial charge in [0.2, 0.25) is 0 Å². The minimum Gasteiger partial charge on any atom is -0.449 e. The molecule has 0 aliphatic carbocycles. The number of halogens is 1. The van der Waals surface area contributed by atoms with Crippen LogP contribution in [0.15, 0.2) is 65.9 Å². The molecule has 0 aliphatic rings. The van der Waals surface area contributed by atoms with Gasteiger partial charge in [0.1, 0.15) is 5.69 Å². The first-order chi connectivity index (χ1) is 12.7. The van der Waals surface area contributed by atoms with Crippen molar-refractivity contribution in [1.29, 1.82) is 0 Å². The number of hydrogen-bond acceptors (Lipinski definition) is 4. The first-order valence-corrected chi connectivity index (χ1v) is 8.42. The van der Waals surface area contributed by atoms with Gasteiger partial charge in [0, 0.05) is 22.3 Å². The lowest BCUT2D eigenvalue weighted by Crippen LogP contribution is -2.18. The zero-order valence-electron chi connectivity index (χ0n) is 14.1. The Balaban J connectivity index is 1.95. The summed E-state index contributed by atoms with van der Waals surface area (Å²) in [7, 11) is 0. The van der Waals surface area contributed by atoms with Gasteiger partial charge in [-0.25, -0.2) is 14.9 Å². The van der Waals surface area contributed by atoms with Crippen molar-refractivity contribution >= 4 is 23.9 Å². The third-order valence-electron chi connectivity index (χ3n) is 3.52. The Bertz CT molecular complexity index is 905. The lowest BCUT2D eigenvalue weighted by atomic mass is 10.1. The zero-order chi connectivity index (χ0) is 18.4. The molecule has 1 N–H and O–H groups in total. The molecule has 7 heteroatoms. The van der Waals surface area contributed by atoms with E-state index >= 15 is 0 Å². The second kappa shape index (κ2) is 8.31. The van der Waals surface area contributed by atoms with E-state index in [1.54, 1.807) is 23.7 Å². The van der Waals surface area contributed by atoms with E-state index in [2.05, 4.69) is 15.6 Å². The van der Waals surface area contributed by atoms with Gasteiger partial charge in [-0.2, -0.15) is 10.2 Å². The Morgan fingerprint density at radius 2 is 1.96 bits per heavy atom. The Kier molecular flexibility index (Phi) is 5.66. The van der Waals surface area contributed by atoms with Gasteiger partial charge in [0.25, 0.3) is 0 Å². The molecule has 2 aromatic carbocycles. The van der Waals surface area contributed by atoms with E-state index in [0.717, 1.165) is 22.5 Å². The molecule has 0 aliphatic heterocycles. The molecule has 6 nitrogen and oxygen atoms in total. The van der Waals surface area contributed by atoms with Crippen LogP contribution in [0.3, 0.4) is 0 Å². The molecule has 132 valence electrons. The van der Waals surface area contributed by atoms with Crippen molar-refractivity contribution in [3.05, 3.63) is 71.4 Å². The van der Waals surface area contributed by atoms with Crippen LogP contribution in [0.5, 0.6) is 0 Å². The highest BCUT2D eigenvalue weighted by Crippen LogP contribution is 2.24. The molecule has 3 rings (SSSR count).